The van der Waals surface area contributed by atoms with Crippen LogP contribution in [0.2, 0.25) is 0 Å². The van der Waals surface area contributed by atoms with Crippen LogP contribution < -0.4 is 10.1 Å². The molecule has 0 heterocycles. The normalized spacial score (nSPS) is 21.0. The van der Waals surface area contributed by atoms with Gasteiger partial charge in [0, 0.05) is 13.0 Å². The minimum Gasteiger partial charge on any atom is -0.497 e. The SMILES string of the molecule is COc1ccc2c(c1)CCCC2CC(=O)NCCC1CCCC1. The van der Waals surface area contributed by atoms with Crippen molar-refractivity contribution in [3.63, 3.8) is 0 Å². The third-order valence-corrected chi connectivity index (χ3v) is 5.57. The van der Waals surface area contributed by atoms with Crippen molar-refractivity contribution >= 4 is 5.91 Å². The fourth-order valence-corrected chi connectivity index (χ4v) is 4.24. The summed E-state index contributed by atoms with van der Waals surface area (Å²) >= 11 is 0. The van der Waals surface area contributed by atoms with Crippen LogP contribution in [0.5, 0.6) is 5.75 Å². The van der Waals surface area contributed by atoms with Crippen LogP contribution in [-0.2, 0) is 11.2 Å². The van der Waals surface area contributed by atoms with Crippen molar-refractivity contribution in [2.24, 2.45) is 5.92 Å². The zero-order valence-electron chi connectivity index (χ0n) is 14.3. The predicted molar refractivity (Wildman–Crippen MR) is 92.9 cm³/mol. The van der Waals surface area contributed by atoms with Crippen molar-refractivity contribution in [3.8, 4) is 5.75 Å². The molecule has 1 aromatic carbocycles. The van der Waals surface area contributed by atoms with Gasteiger partial charge in [-0.15, -0.1) is 0 Å². The van der Waals surface area contributed by atoms with Gasteiger partial charge in [0.2, 0.25) is 5.91 Å². The first-order valence-corrected chi connectivity index (χ1v) is 9.20. The molecule has 1 saturated carbocycles. The Morgan fingerprint density at radius 3 is 2.83 bits per heavy atom. The van der Waals surface area contributed by atoms with Gasteiger partial charge in [0.15, 0.2) is 0 Å². The van der Waals surface area contributed by atoms with Gasteiger partial charge in [0.05, 0.1) is 7.11 Å². The van der Waals surface area contributed by atoms with E-state index in [1.165, 1.54) is 43.2 Å². The Balaban J connectivity index is 1.51. The van der Waals surface area contributed by atoms with Crippen LogP contribution in [0, 0.1) is 5.92 Å². The number of aryl methyl sites for hydroxylation is 1. The molecule has 1 unspecified atom stereocenters. The Bertz CT molecular complexity index is 534. The number of rotatable bonds is 6. The van der Waals surface area contributed by atoms with Crippen molar-refractivity contribution in [1.29, 1.82) is 0 Å². The summed E-state index contributed by atoms with van der Waals surface area (Å²) in [7, 11) is 1.71. The quantitative estimate of drug-likeness (QED) is 0.854. The molecule has 1 N–H and O–H groups in total. The number of carbonyl (C=O) groups is 1. The highest BCUT2D eigenvalue weighted by molar-refractivity contribution is 5.77. The van der Waals surface area contributed by atoms with Crippen molar-refractivity contribution < 1.29 is 9.53 Å². The molecule has 2 aliphatic carbocycles. The molecule has 1 aromatic rings. The molecule has 1 atom stereocenters. The third kappa shape index (κ3) is 4.27. The number of hydrogen-bond acceptors (Lipinski definition) is 2. The second-order valence-electron chi connectivity index (χ2n) is 7.15. The molecule has 0 aliphatic heterocycles. The van der Waals surface area contributed by atoms with Gasteiger partial charge in [-0.2, -0.15) is 0 Å². The van der Waals surface area contributed by atoms with Crippen LogP contribution in [-0.4, -0.2) is 19.6 Å². The number of hydrogen-bond donors (Lipinski definition) is 1. The Morgan fingerprint density at radius 2 is 2.04 bits per heavy atom. The van der Waals surface area contributed by atoms with E-state index in [1.807, 2.05) is 6.07 Å². The first kappa shape index (κ1) is 16.4. The Labute approximate surface area is 139 Å². The van der Waals surface area contributed by atoms with Crippen molar-refractivity contribution in [2.45, 2.75) is 63.7 Å². The Morgan fingerprint density at radius 1 is 1.22 bits per heavy atom. The van der Waals surface area contributed by atoms with Gasteiger partial charge in [-0.05, 0) is 60.8 Å². The zero-order valence-corrected chi connectivity index (χ0v) is 14.3. The molecule has 3 heteroatoms. The average Bonchev–Trinajstić information content (AvgIpc) is 3.08. The Hall–Kier alpha value is -1.51. The maximum atomic E-state index is 12.3. The molecule has 126 valence electrons. The molecule has 0 aromatic heterocycles. The largest absolute Gasteiger partial charge is 0.497 e. The lowest BCUT2D eigenvalue weighted by molar-refractivity contribution is -0.121. The highest BCUT2D eigenvalue weighted by atomic mass is 16.5. The van der Waals surface area contributed by atoms with Crippen molar-refractivity contribution in [3.05, 3.63) is 29.3 Å². The number of carbonyl (C=O) groups excluding carboxylic acids is 1. The lowest BCUT2D eigenvalue weighted by Crippen LogP contribution is -2.28. The minimum absolute atomic E-state index is 0.219. The maximum absolute atomic E-state index is 12.3. The average molecular weight is 315 g/mol. The van der Waals surface area contributed by atoms with Crippen molar-refractivity contribution in [1.82, 2.24) is 5.32 Å². The maximum Gasteiger partial charge on any atom is 0.220 e. The molecule has 0 spiro atoms. The van der Waals surface area contributed by atoms with Crippen LogP contribution in [0.25, 0.3) is 0 Å². The van der Waals surface area contributed by atoms with E-state index in [9.17, 15) is 4.79 Å². The van der Waals surface area contributed by atoms with Crippen molar-refractivity contribution in [2.75, 3.05) is 13.7 Å². The van der Waals surface area contributed by atoms with Gasteiger partial charge in [-0.3, -0.25) is 4.79 Å². The van der Waals surface area contributed by atoms with Gasteiger partial charge < -0.3 is 10.1 Å². The minimum atomic E-state index is 0.219. The van der Waals surface area contributed by atoms with E-state index in [2.05, 4.69) is 17.4 Å². The first-order chi connectivity index (χ1) is 11.3. The van der Waals surface area contributed by atoms with Gasteiger partial charge in [-0.1, -0.05) is 31.7 Å². The Kier molecular flexibility index (Phi) is 5.58. The molecule has 1 fully saturated rings. The summed E-state index contributed by atoms with van der Waals surface area (Å²) in [5.41, 5.74) is 2.71. The van der Waals surface area contributed by atoms with E-state index in [0.29, 0.717) is 12.3 Å². The summed E-state index contributed by atoms with van der Waals surface area (Å²) in [6, 6.07) is 6.32. The zero-order chi connectivity index (χ0) is 16.1. The molecular weight excluding hydrogens is 286 g/mol. The summed E-state index contributed by atoms with van der Waals surface area (Å²) in [6.45, 7) is 0.853. The number of fused-ring (bicyclic) bond motifs is 1. The number of methoxy groups -OCH3 is 1. The number of amides is 1. The lowest BCUT2D eigenvalue weighted by atomic mass is 9.81. The molecule has 2 aliphatic rings. The van der Waals surface area contributed by atoms with Gasteiger partial charge >= 0.3 is 0 Å². The van der Waals surface area contributed by atoms with E-state index in [1.54, 1.807) is 7.11 Å². The summed E-state index contributed by atoms with van der Waals surface area (Å²) in [5.74, 6) is 2.36. The molecular formula is C20H29NO2. The van der Waals surface area contributed by atoms with Crippen LogP contribution in [0.4, 0.5) is 0 Å². The monoisotopic (exact) mass is 315 g/mol. The molecule has 3 rings (SSSR count). The number of benzene rings is 1. The van der Waals surface area contributed by atoms with Gasteiger partial charge in [0.1, 0.15) is 5.75 Å². The molecule has 23 heavy (non-hydrogen) atoms. The topological polar surface area (TPSA) is 38.3 Å². The van der Waals surface area contributed by atoms with Crippen LogP contribution in [0.15, 0.2) is 18.2 Å². The van der Waals surface area contributed by atoms with Crippen LogP contribution in [0.3, 0.4) is 0 Å². The summed E-state index contributed by atoms with van der Waals surface area (Å²) in [6.07, 6.45) is 10.6. The predicted octanol–water partition coefficient (Wildman–Crippen LogP) is 4.20. The van der Waals surface area contributed by atoms with E-state index in [4.69, 9.17) is 4.74 Å². The second kappa shape index (κ2) is 7.85. The fourth-order valence-electron chi connectivity index (χ4n) is 4.24. The van der Waals surface area contributed by atoms with E-state index in [-0.39, 0.29) is 5.91 Å². The molecule has 0 radical (unpaired) electrons. The van der Waals surface area contributed by atoms with E-state index in [0.717, 1.165) is 37.5 Å². The van der Waals surface area contributed by atoms with Crippen LogP contribution >= 0.6 is 0 Å². The highest BCUT2D eigenvalue weighted by Crippen LogP contribution is 2.35. The smallest absolute Gasteiger partial charge is 0.220 e. The molecule has 0 bridgehead atoms. The number of ether oxygens (including phenoxy) is 1. The molecule has 3 nitrogen and oxygen atoms in total. The van der Waals surface area contributed by atoms with Gasteiger partial charge in [0.25, 0.3) is 0 Å². The molecule has 0 saturated heterocycles. The standard InChI is InChI=1S/C20H29NO2/c1-23-18-9-10-19-16(13-18)7-4-8-17(19)14-20(22)21-12-11-15-5-2-3-6-15/h9-10,13,15,17H,2-8,11-12,14H2,1H3,(H,21,22). The first-order valence-electron chi connectivity index (χ1n) is 9.20. The number of nitrogens with one attached hydrogen (secondary N) is 1. The third-order valence-electron chi connectivity index (χ3n) is 5.57. The second-order valence-corrected chi connectivity index (χ2v) is 7.15. The molecule has 1 amide bonds. The van der Waals surface area contributed by atoms with Gasteiger partial charge in [-0.25, -0.2) is 0 Å². The van der Waals surface area contributed by atoms with E-state index < -0.39 is 0 Å². The fraction of sp³-hybridized carbons (Fsp3) is 0.650. The summed E-state index contributed by atoms with van der Waals surface area (Å²) in [5, 5.41) is 3.15. The highest BCUT2D eigenvalue weighted by Gasteiger charge is 2.23. The van der Waals surface area contributed by atoms with Crippen LogP contribution in [0.1, 0.15) is 68.4 Å². The van der Waals surface area contributed by atoms with E-state index >= 15 is 0 Å². The summed E-state index contributed by atoms with van der Waals surface area (Å²) in [4.78, 5) is 12.3. The summed E-state index contributed by atoms with van der Waals surface area (Å²) < 4.78 is 5.32. The lowest BCUT2D eigenvalue weighted by Gasteiger charge is -2.25.